The first-order valence-corrected chi connectivity index (χ1v) is 7.64. The van der Waals surface area contributed by atoms with Gasteiger partial charge in [-0.1, -0.05) is 29.8 Å². The van der Waals surface area contributed by atoms with Crippen molar-refractivity contribution < 1.29 is 4.74 Å². The molecule has 1 aliphatic carbocycles. The van der Waals surface area contributed by atoms with Crippen LogP contribution in [0.4, 0.5) is 0 Å². The Balaban J connectivity index is 1.81. The Morgan fingerprint density at radius 1 is 1.26 bits per heavy atom. The molecule has 1 saturated carbocycles. The van der Waals surface area contributed by atoms with Gasteiger partial charge in [0, 0.05) is 19.3 Å². The fraction of sp³-hybridized carbons (Fsp3) is 0.647. The third-order valence-electron chi connectivity index (χ3n) is 3.79. The van der Waals surface area contributed by atoms with Crippen LogP contribution in [0.3, 0.4) is 0 Å². The topological polar surface area (TPSA) is 21.3 Å². The fourth-order valence-corrected chi connectivity index (χ4v) is 2.35. The SMILES string of the molecule is CCOCCC(CNC1CC1)Cc1ccc(C)cc1. The molecule has 1 unspecified atom stereocenters. The zero-order valence-electron chi connectivity index (χ0n) is 12.3. The average molecular weight is 261 g/mol. The average Bonchev–Trinajstić information content (AvgIpc) is 3.23. The lowest BCUT2D eigenvalue weighted by atomic mass is 9.96. The Kier molecular flexibility index (Phi) is 5.87. The van der Waals surface area contributed by atoms with Gasteiger partial charge in [0.1, 0.15) is 0 Å². The molecule has 0 heterocycles. The van der Waals surface area contributed by atoms with Crippen LogP contribution in [-0.2, 0) is 11.2 Å². The Bertz CT molecular complexity index is 356. The molecular weight excluding hydrogens is 234 g/mol. The van der Waals surface area contributed by atoms with Gasteiger partial charge in [0.15, 0.2) is 0 Å². The van der Waals surface area contributed by atoms with Gasteiger partial charge in [0.2, 0.25) is 0 Å². The quantitative estimate of drug-likeness (QED) is 0.688. The highest BCUT2D eigenvalue weighted by molar-refractivity contribution is 5.21. The summed E-state index contributed by atoms with van der Waals surface area (Å²) in [5, 5.41) is 3.66. The van der Waals surface area contributed by atoms with E-state index in [1.807, 2.05) is 0 Å². The highest BCUT2D eigenvalue weighted by Crippen LogP contribution is 2.20. The minimum atomic E-state index is 0.690. The summed E-state index contributed by atoms with van der Waals surface area (Å²) < 4.78 is 5.52. The first kappa shape index (κ1) is 14.5. The summed E-state index contributed by atoms with van der Waals surface area (Å²) in [6.45, 7) is 7.06. The number of rotatable bonds is 9. The van der Waals surface area contributed by atoms with Gasteiger partial charge in [0.25, 0.3) is 0 Å². The molecular formula is C17H27NO. The van der Waals surface area contributed by atoms with Crippen LogP contribution in [0.25, 0.3) is 0 Å². The normalized spacial score (nSPS) is 16.5. The van der Waals surface area contributed by atoms with Crippen molar-refractivity contribution in [2.45, 2.75) is 45.6 Å². The molecule has 1 fully saturated rings. The van der Waals surface area contributed by atoms with Gasteiger partial charge in [-0.25, -0.2) is 0 Å². The molecule has 0 aromatic heterocycles. The molecule has 106 valence electrons. The summed E-state index contributed by atoms with van der Waals surface area (Å²) in [5.41, 5.74) is 2.79. The van der Waals surface area contributed by atoms with E-state index in [-0.39, 0.29) is 0 Å². The molecule has 1 N–H and O–H groups in total. The second-order valence-electron chi connectivity index (χ2n) is 5.72. The minimum absolute atomic E-state index is 0.690. The van der Waals surface area contributed by atoms with E-state index >= 15 is 0 Å². The van der Waals surface area contributed by atoms with E-state index < -0.39 is 0 Å². The summed E-state index contributed by atoms with van der Waals surface area (Å²) in [6.07, 6.45) is 5.04. The van der Waals surface area contributed by atoms with Crippen LogP contribution in [-0.4, -0.2) is 25.8 Å². The highest BCUT2D eigenvalue weighted by Gasteiger charge is 2.21. The number of nitrogens with one attached hydrogen (secondary N) is 1. The fourth-order valence-electron chi connectivity index (χ4n) is 2.35. The molecule has 2 heteroatoms. The van der Waals surface area contributed by atoms with Crippen LogP contribution in [0.15, 0.2) is 24.3 Å². The molecule has 1 aromatic rings. The number of aryl methyl sites for hydroxylation is 1. The molecule has 1 aliphatic rings. The van der Waals surface area contributed by atoms with Gasteiger partial charge in [-0.05, 0) is 57.6 Å². The molecule has 0 aliphatic heterocycles. The Morgan fingerprint density at radius 2 is 2.00 bits per heavy atom. The van der Waals surface area contributed by atoms with Crippen molar-refractivity contribution in [3.63, 3.8) is 0 Å². The van der Waals surface area contributed by atoms with Crippen molar-refractivity contribution >= 4 is 0 Å². The number of benzene rings is 1. The summed E-state index contributed by atoms with van der Waals surface area (Å²) in [7, 11) is 0. The minimum Gasteiger partial charge on any atom is -0.382 e. The third kappa shape index (κ3) is 5.75. The molecule has 0 saturated heterocycles. The number of ether oxygens (including phenoxy) is 1. The van der Waals surface area contributed by atoms with Gasteiger partial charge in [-0.15, -0.1) is 0 Å². The van der Waals surface area contributed by atoms with E-state index in [2.05, 4.69) is 43.4 Å². The first-order chi connectivity index (χ1) is 9.28. The van der Waals surface area contributed by atoms with Crippen LogP contribution in [0.5, 0.6) is 0 Å². The smallest absolute Gasteiger partial charge is 0.0469 e. The van der Waals surface area contributed by atoms with Crippen molar-refractivity contribution in [3.05, 3.63) is 35.4 Å². The van der Waals surface area contributed by atoms with Crippen molar-refractivity contribution in [2.24, 2.45) is 5.92 Å². The van der Waals surface area contributed by atoms with Crippen LogP contribution >= 0.6 is 0 Å². The molecule has 0 bridgehead atoms. The lowest BCUT2D eigenvalue weighted by Crippen LogP contribution is -2.27. The second-order valence-corrected chi connectivity index (χ2v) is 5.72. The van der Waals surface area contributed by atoms with Crippen molar-refractivity contribution in [1.82, 2.24) is 5.32 Å². The van der Waals surface area contributed by atoms with Crippen molar-refractivity contribution in [3.8, 4) is 0 Å². The largest absolute Gasteiger partial charge is 0.382 e. The number of hydrogen-bond acceptors (Lipinski definition) is 2. The Hall–Kier alpha value is -0.860. The Morgan fingerprint density at radius 3 is 2.63 bits per heavy atom. The molecule has 0 spiro atoms. The van der Waals surface area contributed by atoms with Gasteiger partial charge in [-0.3, -0.25) is 0 Å². The summed E-state index contributed by atoms with van der Waals surface area (Å²) >= 11 is 0. The molecule has 1 atom stereocenters. The second kappa shape index (κ2) is 7.66. The van der Waals surface area contributed by atoms with Crippen LogP contribution in [0, 0.1) is 12.8 Å². The standard InChI is InChI=1S/C17H27NO/c1-3-19-11-10-16(13-18-17-8-9-17)12-15-6-4-14(2)5-7-15/h4-7,16-18H,3,8-13H2,1-2H3. The van der Waals surface area contributed by atoms with Crippen LogP contribution in [0.2, 0.25) is 0 Å². The molecule has 2 rings (SSSR count). The lowest BCUT2D eigenvalue weighted by molar-refractivity contribution is 0.131. The maximum Gasteiger partial charge on any atom is 0.0469 e. The maximum atomic E-state index is 5.52. The summed E-state index contributed by atoms with van der Waals surface area (Å²) in [4.78, 5) is 0. The molecule has 1 aromatic carbocycles. The van der Waals surface area contributed by atoms with Gasteiger partial charge in [0.05, 0.1) is 0 Å². The highest BCUT2D eigenvalue weighted by atomic mass is 16.5. The van der Waals surface area contributed by atoms with E-state index in [1.54, 1.807) is 0 Å². The van der Waals surface area contributed by atoms with Gasteiger partial charge < -0.3 is 10.1 Å². The number of hydrogen-bond donors (Lipinski definition) is 1. The van der Waals surface area contributed by atoms with E-state index in [0.29, 0.717) is 5.92 Å². The Labute approximate surface area is 117 Å². The monoisotopic (exact) mass is 261 g/mol. The van der Waals surface area contributed by atoms with Crippen molar-refractivity contribution in [1.29, 1.82) is 0 Å². The lowest BCUT2D eigenvalue weighted by Gasteiger charge is -2.18. The van der Waals surface area contributed by atoms with E-state index in [1.165, 1.54) is 24.0 Å². The van der Waals surface area contributed by atoms with Gasteiger partial charge in [-0.2, -0.15) is 0 Å². The zero-order valence-corrected chi connectivity index (χ0v) is 12.3. The van der Waals surface area contributed by atoms with E-state index in [9.17, 15) is 0 Å². The zero-order chi connectivity index (χ0) is 13.5. The van der Waals surface area contributed by atoms with Gasteiger partial charge >= 0.3 is 0 Å². The predicted octanol–water partition coefficient (Wildman–Crippen LogP) is 3.33. The van der Waals surface area contributed by atoms with Crippen LogP contribution in [0.1, 0.15) is 37.3 Å². The summed E-state index contributed by atoms with van der Waals surface area (Å²) in [6, 6.07) is 9.75. The predicted molar refractivity (Wildman–Crippen MR) is 80.5 cm³/mol. The molecule has 0 radical (unpaired) electrons. The first-order valence-electron chi connectivity index (χ1n) is 7.64. The van der Waals surface area contributed by atoms with Crippen LogP contribution < -0.4 is 5.32 Å². The van der Waals surface area contributed by atoms with Crippen molar-refractivity contribution in [2.75, 3.05) is 19.8 Å². The molecule has 19 heavy (non-hydrogen) atoms. The van der Waals surface area contributed by atoms with E-state index in [0.717, 1.165) is 38.6 Å². The maximum absolute atomic E-state index is 5.52. The summed E-state index contributed by atoms with van der Waals surface area (Å²) in [5.74, 6) is 0.690. The third-order valence-corrected chi connectivity index (χ3v) is 3.79. The van der Waals surface area contributed by atoms with E-state index in [4.69, 9.17) is 4.74 Å². The molecule has 2 nitrogen and oxygen atoms in total. The molecule has 0 amide bonds.